The molecule has 0 aliphatic carbocycles. The van der Waals surface area contributed by atoms with E-state index in [0.29, 0.717) is 6.42 Å². The summed E-state index contributed by atoms with van der Waals surface area (Å²) >= 11 is 0. The Hall–Kier alpha value is -1.59. The van der Waals surface area contributed by atoms with Crippen LogP contribution in [0.1, 0.15) is 60.8 Å². The van der Waals surface area contributed by atoms with Gasteiger partial charge in [-0.3, -0.25) is 9.59 Å². The maximum Gasteiger partial charge on any atom is 0.326 e. The number of aliphatic carboxylic acids is 1. The van der Waals surface area contributed by atoms with Gasteiger partial charge in [0.2, 0.25) is 5.91 Å². The molecular weight excluding hydrogens is 274 g/mol. The van der Waals surface area contributed by atoms with Crippen LogP contribution in [0.3, 0.4) is 0 Å². The first-order valence-electron chi connectivity index (χ1n) is 7.14. The summed E-state index contributed by atoms with van der Waals surface area (Å²) in [4.78, 5) is 34.8. The molecule has 0 fully saturated rings. The summed E-state index contributed by atoms with van der Waals surface area (Å²) in [5.74, 6) is -1.96. The molecule has 1 amide bonds. The molecular formula is C15H27NO5. The lowest BCUT2D eigenvalue weighted by Gasteiger charge is -2.25. The second-order valence-electron chi connectivity index (χ2n) is 6.73. The molecule has 0 aliphatic heterocycles. The molecule has 0 saturated carbocycles. The van der Waals surface area contributed by atoms with Crippen LogP contribution in [0.4, 0.5) is 0 Å². The lowest BCUT2D eigenvalue weighted by atomic mass is 9.89. The van der Waals surface area contributed by atoms with Crippen molar-refractivity contribution < 1.29 is 24.2 Å². The standard InChI is InChI=1S/C15H27NO5/c1-7-15(5,6)13(20)16-10(12(18)19)8-9-11(17)21-14(2,3)4/h10H,7-9H2,1-6H3,(H,16,20)(H,18,19)/t10-/m1/s1. The van der Waals surface area contributed by atoms with Crippen LogP contribution in [0.2, 0.25) is 0 Å². The van der Waals surface area contributed by atoms with Crippen molar-refractivity contribution in [2.24, 2.45) is 5.41 Å². The Kier molecular flexibility index (Phi) is 6.86. The highest BCUT2D eigenvalue weighted by Crippen LogP contribution is 2.20. The van der Waals surface area contributed by atoms with Gasteiger partial charge in [-0.2, -0.15) is 0 Å². The number of carbonyl (C=O) groups is 3. The minimum atomic E-state index is -1.15. The van der Waals surface area contributed by atoms with E-state index in [1.807, 2.05) is 6.92 Å². The van der Waals surface area contributed by atoms with Crippen LogP contribution in [0.15, 0.2) is 0 Å². The van der Waals surface area contributed by atoms with Gasteiger partial charge in [0.1, 0.15) is 11.6 Å². The number of rotatable bonds is 7. The van der Waals surface area contributed by atoms with E-state index >= 15 is 0 Å². The van der Waals surface area contributed by atoms with Crippen molar-refractivity contribution in [3.8, 4) is 0 Å². The average Bonchev–Trinajstić information content (AvgIpc) is 2.31. The third-order valence-corrected chi connectivity index (χ3v) is 3.16. The molecule has 0 saturated heterocycles. The summed E-state index contributed by atoms with van der Waals surface area (Å²) in [7, 11) is 0. The van der Waals surface area contributed by atoms with Crippen molar-refractivity contribution in [2.45, 2.75) is 72.4 Å². The van der Waals surface area contributed by atoms with Gasteiger partial charge in [-0.1, -0.05) is 20.8 Å². The molecule has 21 heavy (non-hydrogen) atoms. The van der Waals surface area contributed by atoms with Crippen LogP contribution in [-0.4, -0.2) is 34.6 Å². The lowest BCUT2D eigenvalue weighted by molar-refractivity contribution is -0.155. The molecule has 2 N–H and O–H groups in total. The fourth-order valence-electron chi connectivity index (χ4n) is 1.43. The number of hydrogen-bond acceptors (Lipinski definition) is 4. The summed E-state index contributed by atoms with van der Waals surface area (Å²) < 4.78 is 5.12. The summed E-state index contributed by atoms with van der Waals surface area (Å²) in [6.07, 6.45) is 0.550. The molecule has 0 spiro atoms. The number of carbonyl (C=O) groups excluding carboxylic acids is 2. The van der Waals surface area contributed by atoms with E-state index in [9.17, 15) is 14.4 Å². The molecule has 1 atom stereocenters. The first-order valence-corrected chi connectivity index (χ1v) is 7.14. The van der Waals surface area contributed by atoms with E-state index in [4.69, 9.17) is 9.84 Å². The van der Waals surface area contributed by atoms with Gasteiger partial charge >= 0.3 is 11.9 Å². The van der Waals surface area contributed by atoms with Crippen LogP contribution in [0.5, 0.6) is 0 Å². The number of carboxylic acids is 1. The maximum atomic E-state index is 12.0. The van der Waals surface area contributed by atoms with Crippen molar-refractivity contribution in [3.05, 3.63) is 0 Å². The second kappa shape index (κ2) is 7.43. The first kappa shape index (κ1) is 19.4. The van der Waals surface area contributed by atoms with E-state index in [1.54, 1.807) is 34.6 Å². The summed E-state index contributed by atoms with van der Waals surface area (Å²) in [6.45, 7) is 10.6. The Balaban J connectivity index is 4.56. The van der Waals surface area contributed by atoms with Gasteiger partial charge in [0.25, 0.3) is 0 Å². The molecule has 0 aliphatic rings. The summed E-state index contributed by atoms with van der Waals surface area (Å²) in [5.41, 5.74) is -1.25. The van der Waals surface area contributed by atoms with Crippen LogP contribution in [0, 0.1) is 5.41 Å². The van der Waals surface area contributed by atoms with Crippen LogP contribution < -0.4 is 5.32 Å². The quantitative estimate of drug-likeness (QED) is 0.703. The number of carboxylic acid groups (broad SMARTS) is 1. The molecule has 6 nitrogen and oxygen atoms in total. The highest BCUT2D eigenvalue weighted by Gasteiger charge is 2.30. The van der Waals surface area contributed by atoms with Gasteiger partial charge in [0.05, 0.1) is 0 Å². The van der Waals surface area contributed by atoms with E-state index in [-0.39, 0.29) is 18.7 Å². The molecule has 0 unspecified atom stereocenters. The first-order chi connectivity index (χ1) is 9.39. The number of hydrogen-bond donors (Lipinski definition) is 2. The van der Waals surface area contributed by atoms with E-state index in [0.717, 1.165) is 0 Å². The molecule has 122 valence electrons. The number of amides is 1. The predicted octanol–water partition coefficient (Wildman–Crippen LogP) is 2.11. The second-order valence-corrected chi connectivity index (χ2v) is 6.73. The number of ether oxygens (including phenoxy) is 1. The van der Waals surface area contributed by atoms with Gasteiger partial charge in [0, 0.05) is 11.8 Å². The zero-order valence-corrected chi connectivity index (χ0v) is 13.8. The van der Waals surface area contributed by atoms with Crippen molar-refractivity contribution in [1.29, 1.82) is 0 Å². The Morgan fingerprint density at radius 3 is 2.05 bits per heavy atom. The highest BCUT2D eigenvalue weighted by atomic mass is 16.6. The Morgan fingerprint density at radius 2 is 1.67 bits per heavy atom. The molecule has 0 bridgehead atoms. The number of nitrogens with one attached hydrogen (secondary N) is 1. The lowest BCUT2D eigenvalue weighted by Crippen LogP contribution is -2.46. The van der Waals surface area contributed by atoms with Crippen LogP contribution in [-0.2, 0) is 19.1 Å². The van der Waals surface area contributed by atoms with Gasteiger partial charge in [-0.25, -0.2) is 4.79 Å². The molecule has 0 aromatic rings. The fourth-order valence-corrected chi connectivity index (χ4v) is 1.43. The fraction of sp³-hybridized carbons (Fsp3) is 0.800. The molecule has 0 heterocycles. The van der Waals surface area contributed by atoms with Crippen molar-refractivity contribution in [2.75, 3.05) is 0 Å². The largest absolute Gasteiger partial charge is 0.480 e. The molecule has 0 aromatic carbocycles. The van der Waals surface area contributed by atoms with E-state index < -0.39 is 29.0 Å². The molecule has 0 aromatic heterocycles. The van der Waals surface area contributed by atoms with Crippen molar-refractivity contribution in [3.63, 3.8) is 0 Å². The summed E-state index contributed by atoms with van der Waals surface area (Å²) in [6, 6.07) is -1.09. The topological polar surface area (TPSA) is 92.7 Å². The number of esters is 1. The Labute approximate surface area is 126 Å². The Morgan fingerprint density at radius 1 is 1.14 bits per heavy atom. The SMILES string of the molecule is CCC(C)(C)C(=O)N[C@H](CCC(=O)OC(C)(C)C)C(=O)O. The van der Waals surface area contributed by atoms with Crippen molar-refractivity contribution in [1.82, 2.24) is 5.32 Å². The zero-order valence-electron chi connectivity index (χ0n) is 13.8. The zero-order chi connectivity index (χ0) is 16.8. The molecule has 0 rings (SSSR count). The monoisotopic (exact) mass is 301 g/mol. The third-order valence-electron chi connectivity index (χ3n) is 3.16. The predicted molar refractivity (Wildman–Crippen MR) is 78.7 cm³/mol. The third kappa shape index (κ3) is 7.68. The van der Waals surface area contributed by atoms with Crippen molar-refractivity contribution >= 4 is 17.8 Å². The maximum absolute atomic E-state index is 12.0. The average molecular weight is 301 g/mol. The van der Waals surface area contributed by atoms with E-state index in [1.165, 1.54) is 0 Å². The van der Waals surface area contributed by atoms with Gasteiger partial charge < -0.3 is 15.2 Å². The van der Waals surface area contributed by atoms with E-state index in [2.05, 4.69) is 5.32 Å². The van der Waals surface area contributed by atoms with Gasteiger partial charge in [0.15, 0.2) is 0 Å². The van der Waals surface area contributed by atoms with Crippen LogP contribution >= 0.6 is 0 Å². The Bertz CT molecular complexity index is 395. The molecule has 6 heteroatoms. The smallest absolute Gasteiger partial charge is 0.326 e. The van der Waals surface area contributed by atoms with Crippen LogP contribution in [0.25, 0.3) is 0 Å². The minimum Gasteiger partial charge on any atom is -0.480 e. The molecule has 0 radical (unpaired) electrons. The highest BCUT2D eigenvalue weighted by molar-refractivity contribution is 5.87. The normalized spacial score (nSPS) is 13.4. The van der Waals surface area contributed by atoms with Gasteiger partial charge in [-0.05, 0) is 33.6 Å². The van der Waals surface area contributed by atoms with Gasteiger partial charge in [-0.15, -0.1) is 0 Å². The minimum absolute atomic E-state index is 0.00970. The summed E-state index contributed by atoms with van der Waals surface area (Å²) in [5, 5.41) is 11.6.